The Morgan fingerprint density at radius 2 is 1.68 bits per heavy atom. The summed E-state index contributed by atoms with van der Waals surface area (Å²) in [6, 6.07) is 19.1. The van der Waals surface area contributed by atoms with Crippen molar-refractivity contribution in [1.82, 2.24) is 20.2 Å². The summed E-state index contributed by atoms with van der Waals surface area (Å²) >= 11 is 0. The highest BCUT2D eigenvalue weighted by Crippen LogP contribution is 2.29. The summed E-state index contributed by atoms with van der Waals surface area (Å²) in [4.78, 5) is 3.02. The Hall–Kier alpha value is -2.77. The molecular weight excluding hydrogens is 388 g/mol. The normalized spacial score (nSPS) is 20.4. The average molecular weight is 423 g/mol. The van der Waals surface area contributed by atoms with Crippen LogP contribution in [0.2, 0.25) is 0 Å². The van der Waals surface area contributed by atoms with Crippen molar-refractivity contribution in [2.45, 2.75) is 38.8 Å². The molecule has 1 aliphatic heterocycles. The van der Waals surface area contributed by atoms with Crippen molar-refractivity contribution in [1.29, 1.82) is 0 Å². The van der Waals surface area contributed by atoms with Gasteiger partial charge in [-0.2, -0.15) is 0 Å². The van der Waals surface area contributed by atoms with Crippen molar-refractivity contribution in [3.8, 4) is 5.75 Å². The van der Waals surface area contributed by atoms with Crippen LogP contribution in [0.4, 0.5) is 5.69 Å². The summed E-state index contributed by atoms with van der Waals surface area (Å²) in [5.74, 6) is 1.80. The second kappa shape index (κ2) is 9.16. The molecular formula is C24H34N6O+2. The Morgan fingerprint density at radius 1 is 1.00 bits per heavy atom. The minimum Gasteiger partial charge on any atom is -0.496 e. The zero-order valence-electron chi connectivity index (χ0n) is 19.0. The number of hydrogen-bond donors (Lipinski definition) is 2. The number of benzene rings is 2. The van der Waals surface area contributed by atoms with Crippen molar-refractivity contribution in [2.75, 3.05) is 33.3 Å². The maximum absolute atomic E-state index is 5.76. The van der Waals surface area contributed by atoms with Crippen LogP contribution in [-0.2, 0) is 5.54 Å². The van der Waals surface area contributed by atoms with Gasteiger partial charge in [-0.15, -0.1) is 5.10 Å². The molecule has 0 saturated carbocycles. The molecule has 1 atom stereocenters. The van der Waals surface area contributed by atoms with E-state index < -0.39 is 0 Å². The molecule has 3 aromatic rings. The Kier molecular flexibility index (Phi) is 6.34. The van der Waals surface area contributed by atoms with Gasteiger partial charge in [0.15, 0.2) is 6.04 Å². The second-order valence-electron chi connectivity index (χ2n) is 8.92. The number of quaternary nitrogens is 2. The number of aromatic nitrogens is 4. The first-order chi connectivity index (χ1) is 15.0. The van der Waals surface area contributed by atoms with Crippen molar-refractivity contribution in [3.05, 3.63) is 66.0 Å². The molecule has 7 heteroatoms. The largest absolute Gasteiger partial charge is 0.496 e. The minimum atomic E-state index is -0.157. The van der Waals surface area contributed by atoms with Crippen LogP contribution in [-0.4, -0.2) is 53.5 Å². The molecule has 2 heterocycles. The van der Waals surface area contributed by atoms with Crippen LogP contribution in [0.1, 0.15) is 44.6 Å². The van der Waals surface area contributed by atoms with Crippen molar-refractivity contribution >= 4 is 5.69 Å². The SMILES string of the molecule is CCC(C)(C)n1nnnc1[C@H](c1ccccc1OC)[NH+]1CC[NH+](c2ccccc2)CC1. The molecule has 1 aliphatic rings. The zero-order valence-corrected chi connectivity index (χ0v) is 19.0. The lowest BCUT2D eigenvalue weighted by molar-refractivity contribution is -1.00. The lowest BCUT2D eigenvalue weighted by Gasteiger charge is -2.35. The van der Waals surface area contributed by atoms with Gasteiger partial charge < -0.3 is 9.64 Å². The summed E-state index contributed by atoms with van der Waals surface area (Å²) in [6.45, 7) is 10.8. The van der Waals surface area contributed by atoms with Gasteiger partial charge in [0.2, 0.25) is 5.82 Å². The van der Waals surface area contributed by atoms with E-state index >= 15 is 0 Å². The number of ether oxygens (including phenoxy) is 1. The zero-order chi connectivity index (χ0) is 21.8. The highest BCUT2D eigenvalue weighted by molar-refractivity contribution is 5.37. The quantitative estimate of drug-likeness (QED) is 0.597. The lowest BCUT2D eigenvalue weighted by Crippen LogP contribution is -3.26. The molecule has 0 unspecified atom stereocenters. The fraction of sp³-hybridized carbons (Fsp3) is 0.458. The first-order valence-electron chi connectivity index (χ1n) is 11.2. The molecule has 0 radical (unpaired) electrons. The number of nitrogens with zero attached hydrogens (tertiary/aromatic N) is 4. The molecule has 1 saturated heterocycles. The molecule has 7 nitrogen and oxygen atoms in total. The third-order valence-corrected chi connectivity index (χ3v) is 6.73. The van der Waals surface area contributed by atoms with E-state index in [0.717, 1.165) is 49.7 Å². The third kappa shape index (κ3) is 4.34. The topological polar surface area (TPSA) is 61.7 Å². The number of hydrogen-bond acceptors (Lipinski definition) is 4. The fourth-order valence-corrected chi connectivity index (χ4v) is 4.53. The standard InChI is InChI=1S/C24H32N6O/c1-5-24(2,3)30-23(25-26-27-30)22(20-13-9-10-14-21(20)31-4)29-17-15-28(16-18-29)19-11-7-6-8-12-19/h6-14,22H,5,15-18H2,1-4H3/p+2/t22-/m0/s1. The third-order valence-electron chi connectivity index (χ3n) is 6.73. The molecule has 2 aromatic carbocycles. The Bertz CT molecular complexity index is 978. The molecule has 0 bridgehead atoms. The molecule has 0 spiro atoms. The van der Waals surface area contributed by atoms with Crippen LogP contribution in [0.25, 0.3) is 0 Å². The van der Waals surface area contributed by atoms with Gasteiger partial charge in [-0.3, -0.25) is 4.90 Å². The summed E-state index contributed by atoms with van der Waals surface area (Å²) in [5, 5.41) is 13.1. The molecule has 1 fully saturated rings. The van der Waals surface area contributed by atoms with E-state index in [0.29, 0.717) is 0 Å². The van der Waals surface area contributed by atoms with Gasteiger partial charge in [0, 0.05) is 0 Å². The number of tetrazole rings is 1. The van der Waals surface area contributed by atoms with E-state index in [1.807, 2.05) is 16.8 Å². The fourth-order valence-electron chi connectivity index (χ4n) is 4.53. The first kappa shape index (κ1) is 21.5. The lowest BCUT2D eigenvalue weighted by atomic mass is 9.98. The van der Waals surface area contributed by atoms with Crippen molar-refractivity contribution in [2.24, 2.45) is 0 Å². The van der Waals surface area contributed by atoms with Gasteiger partial charge >= 0.3 is 0 Å². The van der Waals surface area contributed by atoms with Crippen molar-refractivity contribution < 1.29 is 14.5 Å². The second-order valence-corrected chi connectivity index (χ2v) is 8.92. The van der Waals surface area contributed by atoms with Gasteiger partial charge in [0.05, 0.1) is 18.2 Å². The number of para-hydroxylation sites is 2. The first-order valence-corrected chi connectivity index (χ1v) is 11.2. The van der Waals surface area contributed by atoms with E-state index in [4.69, 9.17) is 4.74 Å². The predicted molar refractivity (Wildman–Crippen MR) is 120 cm³/mol. The maximum Gasteiger partial charge on any atom is 0.214 e. The van der Waals surface area contributed by atoms with Gasteiger partial charge in [-0.05, 0) is 55.0 Å². The molecule has 1 aromatic heterocycles. The minimum absolute atomic E-state index is 0.0225. The molecule has 0 aliphatic carbocycles. The van der Waals surface area contributed by atoms with Crippen LogP contribution in [0.5, 0.6) is 5.75 Å². The van der Waals surface area contributed by atoms with Crippen LogP contribution < -0.4 is 14.5 Å². The Morgan fingerprint density at radius 3 is 2.35 bits per heavy atom. The number of rotatable bonds is 7. The molecule has 4 rings (SSSR count). The van der Waals surface area contributed by atoms with E-state index in [1.54, 1.807) is 7.11 Å². The summed E-state index contributed by atoms with van der Waals surface area (Å²) in [6.07, 6.45) is 0.949. The number of methoxy groups -OCH3 is 1. The maximum atomic E-state index is 5.76. The van der Waals surface area contributed by atoms with Crippen LogP contribution >= 0.6 is 0 Å². The van der Waals surface area contributed by atoms with Gasteiger partial charge in [-0.1, -0.05) is 37.3 Å². The molecule has 164 valence electrons. The summed E-state index contributed by atoms with van der Waals surface area (Å²) in [5.41, 5.74) is 2.36. The van der Waals surface area contributed by atoms with Crippen LogP contribution in [0, 0.1) is 0 Å². The van der Waals surface area contributed by atoms with Gasteiger partial charge in [-0.25, -0.2) is 4.68 Å². The van der Waals surface area contributed by atoms with Crippen LogP contribution in [0.15, 0.2) is 54.6 Å². The molecule has 31 heavy (non-hydrogen) atoms. The number of nitrogens with one attached hydrogen (secondary N) is 2. The monoisotopic (exact) mass is 422 g/mol. The van der Waals surface area contributed by atoms with E-state index in [2.05, 4.69) is 78.8 Å². The van der Waals surface area contributed by atoms with Crippen molar-refractivity contribution in [3.63, 3.8) is 0 Å². The van der Waals surface area contributed by atoms with Crippen LogP contribution in [0.3, 0.4) is 0 Å². The smallest absolute Gasteiger partial charge is 0.214 e. The van der Waals surface area contributed by atoms with Gasteiger partial charge in [0.1, 0.15) is 37.6 Å². The van der Waals surface area contributed by atoms with Gasteiger partial charge in [0.25, 0.3) is 0 Å². The Labute approximate surface area is 184 Å². The van der Waals surface area contributed by atoms with E-state index in [9.17, 15) is 0 Å². The summed E-state index contributed by atoms with van der Waals surface area (Å²) in [7, 11) is 1.74. The molecule has 2 N–H and O–H groups in total. The highest BCUT2D eigenvalue weighted by Gasteiger charge is 2.39. The summed E-state index contributed by atoms with van der Waals surface area (Å²) < 4.78 is 7.78. The van der Waals surface area contributed by atoms with E-state index in [-0.39, 0.29) is 11.6 Å². The predicted octanol–water partition coefficient (Wildman–Crippen LogP) is 1.03. The van der Waals surface area contributed by atoms with E-state index in [1.165, 1.54) is 15.5 Å². The molecule has 0 amide bonds. The average Bonchev–Trinajstić information content (AvgIpc) is 3.31. The Balaban J connectivity index is 1.69. The number of piperazine rings is 1. The highest BCUT2D eigenvalue weighted by atomic mass is 16.5.